The van der Waals surface area contributed by atoms with Crippen LogP contribution in [0.3, 0.4) is 0 Å². The Balaban J connectivity index is 1.17. The summed E-state index contributed by atoms with van der Waals surface area (Å²) in [6.45, 7) is 5.84. The van der Waals surface area contributed by atoms with Crippen LogP contribution in [0, 0.1) is 10.1 Å². The summed E-state index contributed by atoms with van der Waals surface area (Å²) in [6.07, 6.45) is 2.86. The number of piperazine rings is 1. The van der Waals surface area contributed by atoms with Crippen molar-refractivity contribution < 1.29 is 24.3 Å². The lowest BCUT2D eigenvalue weighted by Gasteiger charge is -2.36. The van der Waals surface area contributed by atoms with Crippen LogP contribution in [0.15, 0.2) is 48.5 Å². The van der Waals surface area contributed by atoms with Gasteiger partial charge in [0.05, 0.1) is 37.5 Å². The van der Waals surface area contributed by atoms with E-state index in [1.54, 1.807) is 24.3 Å². The molecular weight excluding hydrogens is 632 g/mol. The smallest absolute Gasteiger partial charge is 0.269 e. The maximum Gasteiger partial charge on any atom is 0.269 e. The maximum absolute atomic E-state index is 12.6. The molecule has 1 aliphatic heterocycles. The van der Waals surface area contributed by atoms with Crippen LogP contribution in [0.4, 0.5) is 29.2 Å². The molecular formula is C33H46N10O6. The molecule has 0 bridgehead atoms. The third-order valence-electron chi connectivity index (χ3n) is 8.47. The normalized spacial score (nSPS) is 17.8. The zero-order chi connectivity index (χ0) is 34.4. The first-order valence-electron chi connectivity index (χ1n) is 16.8. The van der Waals surface area contributed by atoms with Gasteiger partial charge in [0.2, 0.25) is 17.8 Å². The molecule has 264 valence electrons. The molecule has 1 saturated heterocycles. The summed E-state index contributed by atoms with van der Waals surface area (Å²) in [7, 11) is 0. The van der Waals surface area contributed by atoms with Crippen LogP contribution in [-0.4, -0.2) is 109 Å². The van der Waals surface area contributed by atoms with Crippen molar-refractivity contribution in [2.24, 2.45) is 5.73 Å². The van der Waals surface area contributed by atoms with Crippen LogP contribution < -0.4 is 31.5 Å². The van der Waals surface area contributed by atoms with E-state index in [4.69, 9.17) is 25.2 Å². The lowest BCUT2D eigenvalue weighted by Crippen LogP contribution is -2.47. The second-order valence-corrected chi connectivity index (χ2v) is 12.0. The van der Waals surface area contributed by atoms with E-state index >= 15 is 0 Å². The quantitative estimate of drug-likeness (QED) is 0.0788. The summed E-state index contributed by atoms with van der Waals surface area (Å²) in [5.41, 5.74) is 7.88. The van der Waals surface area contributed by atoms with Crippen LogP contribution in [0.2, 0.25) is 0 Å². The first-order chi connectivity index (χ1) is 23.9. The van der Waals surface area contributed by atoms with Gasteiger partial charge in [-0.2, -0.15) is 15.0 Å². The first kappa shape index (κ1) is 35.7. The number of carbonyl (C=O) groups is 1. The number of amides is 1. The van der Waals surface area contributed by atoms with Crippen molar-refractivity contribution in [1.82, 2.24) is 20.3 Å². The zero-order valence-corrected chi connectivity index (χ0v) is 27.6. The Hall–Kier alpha value is -4.64. The van der Waals surface area contributed by atoms with E-state index < -0.39 is 4.92 Å². The maximum atomic E-state index is 12.6. The number of hydrogen-bond donors (Lipinski definition) is 5. The number of hydrogen-bond acceptors (Lipinski definition) is 14. The molecule has 2 aliphatic rings. The van der Waals surface area contributed by atoms with Gasteiger partial charge in [-0.1, -0.05) is 12.1 Å². The Morgan fingerprint density at radius 1 is 0.878 bits per heavy atom. The number of aliphatic hydroxyl groups is 1. The predicted octanol–water partition coefficient (Wildman–Crippen LogP) is 2.16. The van der Waals surface area contributed by atoms with Gasteiger partial charge in [-0.3, -0.25) is 14.9 Å². The number of aromatic nitrogens is 3. The summed E-state index contributed by atoms with van der Waals surface area (Å²) in [6, 6.07) is 14.1. The van der Waals surface area contributed by atoms with Gasteiger partial charge in [-0.15, -0.1) is 0 Å². The van der Waals surface area contributed by atoms with Gasteiger partial charge in [0.25, 0.3) is 11.6 Å². The number of rotatable bonds is 17. The number of nitro groups is 1. The number of carbonyl (C=O) groups excluding carboxylic acids is 1. The lowest BCUT2D eigenvalue weighted by molar-refractivity contribution is -0.384. The van der Waals surface area contributed by atoms with Crippen molar-refractivity contribution in [1.29, 1.82) is 0 Å². The number of nitrogens with two attached hydrogens (primary N) is 1. The van der Waals surface area contributed by atoms with Crippen LogP contribution in [0.1, 0.15) is 41.6 Å². The number of benzene rings is 2. The highest BCUT2D eigenvalue weighted by Gasteiger charge is 2.24. The Morgan fingerprint density at radius 2 is 1.53 bits per heavy atom. The Morgan fingerprint density at radius 3 is 2.20 bits per heavy atom. The molecule has 0 radical (unpaired) electrons. The zero-order valence-electron chi connectivity index (χ0n) is 27.6. The third kappa shape index (κ3) is 10.9. The molecule has 5 rings (SSSR count). The summed E-state index contributed by atoms with van der Waals surface area (Å²) < 4.78 is 10.7. The molecule has 1 amide bonds. The molecule has 2 aromatic carbocycles. The molecule has 1 aromatic heterocycles. The van der Waals surface area contributed by atoms with E-state index in [2.05, 4.69) is 30.7 Å². The molecule has 2 heterocycles. The van der Waals surface area contributed by atoms with Gasteiger partial charge in [-0.25, -0.2) is 0 Å². The molecule has 1 aliphatic carbocycles. The van der Waals surface area contributed by atoms with E-state index in [-0.39, 0.29) is 23.7 Å². The number of nitro benzene ring substituents is 1. The van der Waals surface area contributed by atoms with Crippen molar-refractivity contribution in [3.63, 3.8) is 0 Å². The molecule has 1 saturated carbocycles. The van der Waals surface area contributed by atoms with Crippen LogP contribution in [0.5, 0.6) is 0 Å². The summed E-state index contributed by atoms with van der Waals surface area (Å²) >= 11 is 0. The van der Waals surface area contributed by atoms with Gasteiger partial charge < -0.3 is 46.1 Å². The minimum Gasteiger partial charge on any atom is -0.393 e. The summed E-state index contributed by atoms with van der Waals surface area (Å²) in [5.74, 6) is 1.28. The minimum absolute atomic E-state index is 0.0694. The first-order valence-corrected chi connectivity index (χ1v) is 16.8. The van der Waals surface area contributed by atoms with Gasteiger partial charge in [0, 0.05) is 75.2 Å². The summed E-state index contributed by atoms with van der Waals surface area (Å²) in [4.78, 5) is 41.7. The third-order valence-corrected chi connectivity index (χ3v) is 8.47. The van der Waals surface area contributed by atoms with Crippen LogP contribution in [-0.2, 0) is 16.0 Å². The van der Waals surface area contributed by atoms with Crippen molar-refractivity contribution in [3.8, 4) is 0 Å². The molecule has 0 unspecified atom stereocenters. The number of non-ortho nitro benzene ring substituents is 1. The topological polar surface area (TPSA) is 206 Å². The largest absolute Gasteiger partial charge is 0.393 e. The highest BCUT2D eigenvalue weighted by molar-refractivity contribution is 5.94. The average molecular weight is 679 g/mol. The number of anilines is 4. The Bertz CT molecular complexity index is 1480. The highest BCUT2D eigenvalue weighted by atomic mass is 16.6. The fourth-order valence-electron chi connectivity index (χ4n) is 5.70. The van der Waals surface area contributed by atoms with Gasteiger partial charge in [0.1, 0.15) is 0 Å². The fourth-order valence-corrected chi connectivity index (χ4v) is 5.70. The van der Waals surface area contributed by atoms with Gasteiger partial charge >= 0.3 is 0 Å². The SMILES string of the molecule is NCCOCCOCCNC(=O)c1ccc(CNc2nc(NC3CCC(O)CC3)nc(N3CCN(c4ccc([N+](=O)[O-])cc4)CC3)n2)cc1. The molecule has 16 nitrogen and oxygen atoms in total. The standard InChI is InChI=1S/C33H46N10O6/c34-13-19-48-21-22-49-20-14-35-30(45)25-3-1-24(2-4-25)23-36-31-38-32(37-26-5-11-29(44)12-6-26)40-33(39-31)42-17-15-41(16-18-42)27-7-9-28(10-8-27)43(46)47/h1-4,7-10,26,29,44H,5-6,11-23,34H2,(H,35,45)(H2,36,37,38,39,40). The molecule has 0 spiro atoms. The molecule has 0 atom stereocenters. The molecule has 2 fully saturated rings. The highest BCUT2D eigenvalue weighted by Crippen LogP contribution is 2.25. The number of nitrogens with zero attached hydrogens (tertiary/aromatic N) is 6. The minimum atomic E-state index is -0.396. The van der Waals surface area contributed by atoms with E-state index in [1.807, 2.05) is 12.1 Å². The van der Waals surface area contributed by atoms with Crippen LogP contribution >= 0.6 is 0 Å². The van der Waals surface area contributed by atoms with Crippen molar-refractivity contribution in [2.75, 3.05) is 86.1 Å². The average Bonchev–Trinajstić information content (AvgIpc) is 3.13. The number of ether oxygens (including phenoxy) is 2. The predicted molar refractivity (Wildman–Crippen MR) is 186 cm³/mol. The molecule has 3 aromatic rings. The number of nitrogens with one attached hydrogen (secondary N) is 3. The number of aliphatic hydroxyl groups excluding tert-OH is 1. The molecule has 16 heteroatoms. The van der Waals surface area contributed by atoms with Crippen LogP contribution in [0.25, 0.3) is 0 Å². The molecule has 6 N–H and O–H groups in total. The van der Waals surface area contributed by atoms with Gasteiger partial charge in [0.15, 0.2) is 0 Å². The van der Waals surface area contributed by atoms with E-state index in [0.29, 0.717) is 95.6 Å². The second-order valence-electron chi connectivity index (χ2n) is 12.0. The Kier molecular flexibility index (Phi) is 13.3. The molecule has 49 heavy (non-hydrogen) atoms. The lowest BCUT2D eigenvalue weighted by atomic mass is 9.93. The van der Waals surface area contributed by atoms with E-state index in [9.17, 15) is 20.0 Å². The van der Waals surface area contributed by atoms with E-state index in [1.165, 1.54) is 12.1 Å². The fraction of sp³-hybridized carbons (Fsp3) is 0.515. The monoisotopic (exact) mass is 678 g/mol. The van der Waals surface area contributed by atoms with Crippen molar-refractivity contribution in [2.45, 2.75) is 44.4 Å². The second kappa shape index (κ2) is 18.2. The van der Waals surface area contributed by atoms with Crippen molar-refractivity contribution >= 4 is 35.1 Å². The summed E-state index contributed by atoms with van der Waals surface area (Å²) in [5, 5.41) is 30.6. The Labute approximate surface area is 285 Å². The van der Waals surface area contributed by atoms with Gasteiger partial charge in [-0.05, 0) is 55.5 Å². The van der Waals surface area contributed by atoms with Crippen molar-refractivity contribution in [3.05, 3.63) is 69.8 Å². The van der Waals surface area contributed by atoms with E-state index in [0.717, 1.165) is 36.9 Å².